The third-order valence-electron chi connectivity index (χ3n) is 2.68. The molecule has 0 aliphatic carbocycles. The SMILES string of the molecule is COc1ccc2c(c1Cl)Cc1oncc1N2. The number of hydrogen-bond acceptors (Lipinski definition) is 4. The number of ether oxygens (including phenoxy) is 1. The van der Waals surface area contributed by atoms with Crippen LogP contribution in [-0.4, -0.2) is 12.3 Å². The van der Waals surface area contributed by atoms with Crippen LogP contribution in [0, 0.1) is 0 Å². The Morgan fingerprint density at radius 3 is 3.12 bits per heavy atom. The summed E-state index contributed by atoms with van der Waals surface area (Å²) in [5, 5.41) is 7.58. The van der Waals surface area contributed by atoms with Gasteiger partial charge in [0.15, 0.2) is 5.76 Å². The van der Waals surface area contributed by atoms with Crippen LogP contribution in [0.4, 0.5) is 11.4 Å². The number of benzene rings is 1. The number of hydrogen-bond donors (Lipinski definition) is 1. The number of aromatic nitrogens is 1. The van der Waals surface area contributed by atoms with Crippen molar-refractivity contribution in [3.63, 3.8) is 0 Å². The third-order valence-corrected chi connectivity index (χ3v) is 3.09. The van der Waals surface area contributed by atoms with Crippen molar-refractivity contribution in [2.24, 2.45) is 0 Å². The lowest BCUT2D eigenvalue weighted by Gasteiger charge is -2.18. The molecule has 0 spiro atoms. The fourth-order valence-corrected chi connectivity index (χ4v) is 2.16. The Balaban J connectivity index is 2.13. The molecule has 82 valence electrons. The molecule has 0 unspecified atom stereocenters. The zero-order valence-electron chi connectivity index (χ0n) is 8.58. The number of halogens is 1. The fourth-order valence-electron chi connectivity index (χ4n) is 1.85. The van der Waals surface area contributed by atoms with Gasteiger partial charge in [0.25, 0.3) is 0 Å². The zero-order valence-corrected chi connectivity index (χ0v) is 9.34. The number of anilines is 2. The summed E-state index contributed by atoms with van der Waals surface area (Å²) in [4.78, 5) is 0. The molecule has 0 amide bonds. The summed E-state index contributed by atoms with van der Waals surface area (Å²) in [6.07, 6.45) is 2.30. The molecular formula is C11H9ClN2O2. The minimum atomic E-state index is 0.620. The minimum absolute atomic E-state index is 0.620. The summed E-state index contributed by atoms with van der Waals surface area (Å²) >= 11 is 6.23. The Morgan fingerprint density at radius 2 is 2.31 bits per heavy atom. The summed E-state index contributed by atoms with van der Waals surface area (Å²) in [5.74, 6) is 1.47. The molecule has 1 aromatic heterocycles. The van der Waals surface area contributed by atoms with Crippen molar-refractivity contribution in [1.82, 2.24) is 5.16 Å². The molecule has 0 atom stereocenters. The first-order valence-corrected chi connectivity index (χ1v) is 5.23. The molecule has 0 fully saturated rings. The maximum Gasteiger partial charge on any atom is 0.164 e. The van der Waals surface area contributed by atoms with Gasteiger partial charge in [0.2, 0.25) is 0 Å². The second-order valence-electron chi connectivity index (χ2n) is 3.57. The van der Waals surface area contributed by atoms with E-state index in [9.17, 15) is 0 Å². The molecule has 1 N–H and O–H groups in total. The van der Waals surface area contributed by atoms with E-state index in [1.165, 1.54) is 0 Å². The molecule has 0 bridgehead atoms. The minimum Gasteiger partial charge on any atom is -0.495 e. The van der Waals surface area contributed by atoms with E-state index in [4.69, 9.17) is 20.9 Å². The van der Waals surface area contributed by atoms with Gasteiger partial charge in [-0.05, 0) is 12.1 Å². The Morgan fingerprint density at radius 1 is 1.44 bits per heavy atom. The molecule has 1 aliphatic rings. The standard InChI is InChI=1S/C11H9ClN2O2/c1-15-9-3-2-7-6(11(9)12)4-10-8(14-7)5-13-16-10/h2-3,5,14H,4H2,1H3. The summed E-state index contributed by atoms with van der Waals surface area (Å²) < 4.78 is 10.3. The lowest BCUT2D eigenvalue weighted by Crippen LogP contribution is -2.05. The van der Waals surface area contributed by atoms with Gasteiger partial charge in [0.1, 0.15) is 11.4 Å². The summed E-state index contributed by atoms with van der Waals surface area (Å²) in [6.45, 7) is 0. The van der Waals surface area contributed by atoms with Crippen molar-refractivity contribution in [2.75, 3.05) is 12.4 Å². The molecule has 2 aromatic rings. The quantitative estimate of drug-likeness (QED) is 0.706. The van der Waals surface area contributed by atoms with Gasteiger partial charge in [-0.2, -0.15) is 0 Å². The topological polar surface area (TPSA) is 47.3 Å². The highest BCUT2D eigenvalue weighted by molar-refractivity contribution is 6.33. The van der Waals surface area contributed by atoms with Gasteiger partial charge in [0, 0.05) is 17.7 Å². The lowest BCUT2D eigenvalue weighted by molar-refractivity contribution is 0.389. The number of rotatable bonds is 1. The molecular weight excluding hydrogens is 228 g/mol. The second-order valence-corrected chi connectivity index (χ2v) is 3.95. The Hall–Kier alpha value is -1.68. The monoisotopic (exact) mass is 236 g/mol. The zero-order chi connectivity index (χ0) is 11.1. The first-order valence-electron chi connectivity index (χ1n) is 4.85. The van der Waals surface area contributed by atoms with Gasteiger partial charge in [-0.15, -0.1) is 0 Å². The molecule has 1 aliphatic heterocycles. The largest absolute Gasteiger partial charge is 0.495 e. The number of nitrogens with zero attached hydrogens (tertiary/aromatic N) is 1. The van der Waals surface area contributed by atoms with E-state index in [0.29, 0.717) is 17.2 Å². The van der Waals surface area contributed by atoms with Gasteiger partial charge in [-0.3, -0.25) is 0 Å². The predicted molar refractivity (Wildman–Crippen MR) is 60.6 cm³/mol. The van der Waals surface area contributed by atoms with Crippen LogP contribution in [0.2, 0.25) is 5.02 Å². The van der Waals surface area contributed by atoms with E-state index in [1.807, 2.05) is 12.1 Å². The van der Waals surface area contributed by atoms with Crippen LogP contribution < -0.4 is 10.1 Å². The smallest absolute Gasteiger partial charge is 0.164 e. The number of fused-ring (bicyclic) bond motifs is 2. The van der Waals surface area contributed by atoms with Crippen molar-refractivity contribution < 1.29 is 9.26 Å². The van der Waals surface area contributed by atoms with Crippen LogP contribution in [0.25, 0.3) is 0 Å². The van der Waals surface area contributed by atoms with E-state index in [-0.39, 0.29) is 0 Å². The first kappa shape index (κ1) is 9.54. The van der Waals surface area contributed by atoms with Crippen molar-refractivity contribution in [3.05, 3.63) is 34.7 Å². The van der Waals surface area contributed by atoms with Gasteiger partial charge >= 0.3 is 0 Å². The van der Waals surface area contributed by atoms with Crippen LogP contribution in [0.5, 0.6) is 5.75 Å². The summed E-state index contributed by atoms with van der Waals surface area (Å²) in [6, 6.07) is 3.78. The van der Waals surface area contributed by atoms with Crippen LogP contribution in [0.3, 0.4) is 0 Å². The lowest BCUT2D eigenvalue weighted by atomic mass is 10.0. The third kappa shape index (κ3) is 1.27. The molecule has 0 saturated carbocycles. The number of methoxy groups -OCH3 is 1. The highest BCUT2D eigenvalue weighted by Gasteiger charge is 2.22. The summed E-state index contributed by atoms with van der Waals surface area (Å²) in [5.41, 5.74) is 2.85. The predicted octanol–water partition coefficient (Wildman–Crippen LogP) is 2.98. The first-order chi connectivity index (χ1) is 7.79. The molecule has 4 nitrogen and oxygen atoms in total. The van der Waals surface area contributed by atoms with E-state index in [0.717, 1.165) is 22.7 Å². The van der Waals surface area contributed by atoms with E-state index >= 15 is 0 Å². The molecule has 2 heterocycles. The van der Waals surface area contributed by atoms with Crippen LogP contribution in [-0.2, 0) is 6.42 Å². The molecule has 3 rings (SSSR count). The van der Waals surface area contributed by atoms with Gasteiger partial charge in [0.05, 0.1) is 18.3 Å². The van der Waals surface area contributed by atoms with Crippen LogP contribution >= 0.6 is 11.6 Å². The average molecular weight is 237 g/mol. The highest BCUT2D eigenvalue weighted by Crippen LogP contribution is 2.40. The molecule has 0 saturated heterocycles. The highest BCUT2D eigenvalue weighted by atomic mass is 35.5. The van der Waals surface area contributed by atoms with E-state index in [1.54, 1.807) is 13.3 Å². The Bertz CT molecular complexity index is 551. The van der Waals surface area contributed by atoms with Gasteiger partial charge in [-0.1, -0.05) is 16.8 Å². The average Bonchev–Trinajstić information content (AvgIpc) is 2.74. The number of nitrogens with one attached hydrogen (secondary N) is 1. The normalized spacial score (nSPS) is 12.6. The van der Waals surface area contributed by atoms with Crippen molar-refractivity contribution in [2.45, 2.75) is 6.42 Å². The maximum atomic E-state index is 6.23. The maximum absolute atomic E-state index is 6.23. The second kappa shape index (κ2) is 3.42. The van der Waals surface area contributed by atoms with E-state index < -0.39 is 0 Å². The fraction of sp³-hybridized carbons (Fsp3) is 0.182. The molecule has 16 heavy (non-hydrogen) atoms. The Kier molecular flexibility index (Phi) is 2.04. The van der Waals surface area contributed by atoms with Crippen molar-refractivity contribution in [1.29, 1.82) is 0 Å². The Labute approximate surface area is 97.1 Å². The van der Waals surface area contributed by atoms with Crippen molar-refractivity contribution in [3.8, 4) is 5.75 Å². The molecule has 5 heteroatoms. The van der Waals surface area contributed by atoms with Crippen LogP contribution in [0.1, 0.15) is 11.3 Å². The van der Waals surface area contributed by atoms with Gasteiger partial charge < -0.3 is 14.6 Å². The van der Waals surface area contributed by atoms with Crippen LogP contribution in [0.15, 0.2) is 22.9 Å². The van der Waals surface area contributed by atoms with Gasteiger partial charge in [-0.25, -0.2) is 0 Å². The van der Waals surface area contributed by atoms with E-state index in [2.05, 4.69) is 10.5 Å². The molecule has 0 radical (unpaired) electrons. The summed E-state index contributed by atoms with van der Waals surface area (Å²) in [7, 11) is 1.60. The molecule has 1 aromatic carbocycles. The van der Waals surface area contributed by atoms with Crippen molar-refractivity contribution >= 4 is 23.0 Å².